The van der Waals surface area contributed by atoms with E-state index < -0.39 is 23.3 Å². The highest BCUT2D eigenvalue weighted by molar-refractivity contribution is 6.06. The summed E-state index contributed by atoms with van der Waals surface area (Å²) in [5.41, 5.74) is -0.344. The average Bonchev–Trinajstić information content (AvgIpc) is 2.45. The van der Waals surface area contributed by atoms with Crippen LogP contribution in [-0.4, -0.2) is 5.78 Å². The first-order valence-corrected chi connectivity index (χ1v) is 6.01. The van der Waals surface area contributed by atoms with Crippen LogP contribution in [0, 0.1) is 5.82 Å². The zero-order valence-corrected chi connectivity index (χ0v) is 10.7. The molecule has 0 radical (unpaired) electrons. The first-order chi connectivity index (χ1) is 9.86. The topological polar surface area (TPSA) is 17.1 Å². The highest BCUT2D eigenvalue weighted by Crippen LogP contribution is 2.29. The second-order valence-corrected chi connectivity index (χ2v) is 4.33. The standard InChI is InChI=1S/C16H10F4O/c17-14-7-4-11(5-8-14)6-9-15(21)12-2-1-3-13(10-12)16(18,19)20/h1-10H. The van der Waals surface area contributed by atoms with Crippen LogP contribution in [0.3, 0.4) is 0 Å². The van der Waals surface area contributed by atoms with E-state index in [1.54, 1.807) is 0 Å². The number of carbonyl (C=O) groups is 1. The van der Waals surface area contributed by atoms with Crippen molar-refractivity contribution < 1.29 is 22.4 Å². The van der Waals surface area contributed by atoms with Crippen molar-refractivity contribution in [3.05, 3.63) is 77.1 Å². The van der Waals surface area contributed by atoms with Crippen LogP contribution >= 0.6 is 0 Å². The van der Waals surface area contributed by atoms with Crippen molar-refractivity contribution >= 4 is 11.9 Å². The van der Waals surface area contributed by atoms with Gasteiger partial charge in [-0.25, -0.2) is 4.39 Å². The predicted octanol–water partition coefficient (Wildman–Crippen LogP) is 4.74. The number of allylic oxidation sites excluding steroid dienone is 1. The fraction of sp³-hybridized carbons (Fsp3) is 0.0625. The van der Waals surface area contributed by atoms with Crippen LogP contribution in [0.2, 0.25) is 0 Å². The molecule has 0 saturated heterocycles. The van der Waals surface area contributed by atoms with E-state index in [9.17, 15) is 22.4 Å². The summed E-state index contributed by atoms with van der Waals surface area (Å²) < 4.78 is 50.4. The van der Waals surface area contributed by atoms with Crippen molar-refractivity contribution in [3.8, 4) is 0 Å². The van der Waals surface area contributed by atoms with Gasteiger partial charge >= 0.3 is 6.18 Å². The van der Waals surface area contributed by atoms with E-state index in [1.165, 1.54) is 42.5 Å². The van der Waals surface area contributed by atoms with Crippen molar-refractivity contribution in [1.82, 2.24) is 0 Å². The van der Waals surface area contributed by atoms with Crippen molar-refractivity contribution in [2.24, 2.45) is 0 Å². The molecule has 0 aliphatic heterocycles. The number of carbonyl (C=O) groups excluding carboxylic acids is 1. The number of rotatable bonds is 3. The summed E-state index contributed by atoms with van der Waals surface area (Å²) in [5.74, 6) is -0.957. The van der Waals surface area contributed by atoms with Crippen molar-refractivity contribution in [1.29, 1.82) is 0 Å². The Kier molecular flexibility index (Phi) is 4.21. The maximum absolute atomic E-state index is 12.7. The minimum Gasteiger partial charge on any atom is -0.289 e. The lowest BCUT2D eigenvalue weighted by molar-refractivity contribution is -0.137. The number of halogens is 4. The van der Waals surface area contributed by atoms with Gasteiger partial charge in [0, 0.05) is 5.56 Å². The molecule has 21 heavy (non-hydrogen) atoms. The summed E-state index contributed by atoms with van der Waals surface area (Å²) in [6, 6.07) is 9.59. The maximum Gasteiger partial charge on any atom is 0.416 e. The zero-order chi connectivity index (χ0) is 15.5. The molecular weight excluding hydrogens is 284 g/mol. The second kappa shape index (κ2) is 5.91. The molecule has 1 nitrogen and oxygen atoms in total. The van der Waals surface area contributed by atoms with Crippen LogP contribution in [0.1, 0.15) is 21.5 Å². The normalized spacial score (nSPS) is 11.8. The minimum absolute atomic E-state index is 0.0526. The molecule has 108 valence electrons. The Balaban J connectivity index is 2.19. The van der Waals surface area contributed by atoms with Crippen molar-refractivity contribution in [3.63, 3.8) is 0 Å². The molecule has 2 aromatic carbocycles. The fourth-order valence-corrected chi connectivity index (χ4v) is 1.69. The van der Waals surface area contributed by atoms with E-state index in [-0.39, 0.29) is 5.56 Å². The number of alkyl halides is 3. The first-order valence-electron chi connectivity index (χ1n) is 6.01. The monoisotopic (exact) mass is 294 g/mol. The van der Waals surface area contributed by atoms with Gasteiger partial charge in [-0.15, -0.1) is 0 Å². The summed E-state index contributed by atoms with van der Waals surface area (Å²) in [4.78, 5) is 11.8. The summed E-state index contributed by atoms with van der Waals surface area (Å²) in [6.07, 6.45) is -1.91. The molecule has 0 unspecified atom stereocenters. The van der Waals surface area contributed by atoms with E-state index in [2.05, 4.69) is 0 Å². The number of ketones is 1. The van der Waals surface area contributed by atoms with Crippen LogP contribution < -0.4 is 0 Å². The fourth-order valence-electron chi connectivity index (χ4n) is 1.69. The Bertz CT molecular complexity index is 669. The lowest BCUT2D eigenvalue weighted by atomic mass is 10.1. The van der Waals surface area contributed by atoms with Gasteiger partial charge in [0.05, 0.1) is 5.56 Å². The second-order valence-electron chi connectivity index (χ2n) is 4.33. The predicted molar refractivity (Wildman–Crippen MR) is 71.2 cm³/mol. The number of hydrogen-bond donors (Lipinski definition) is 0. The summed E-state index contributed by atoms with van der Waals surface area (Å²) in [5, 5.41) is 0. The molecule has 0 atom stereocenters. The molecular formula is C16H10F4O. The van der Waals surface area contributed by atoms with E-state index in [0.717, 1.165) is 18.2 Å². The molecule has 0 aliphatic carbocycles. The molecule has 0 aromatic heterocycles. The molecule has 0 spiro atoms. The lowest BCUT2D eigenvalue weighted by Gasteiger charge is -2.07. The molecule has 0 heterocycles. The summed E-state index contributed by atoms with van der Waals surface area (Å²) in [6.45, 7) is 0. The Labute approximate surface area is 118 Å². The molecule has 0 saturated carbocycles. The number of benzene rings is 2. The van der Waals surface area contributed by atoms with E-state index in [0.29, 0.717) is 5.56 Å². The molecule has 0 fully saturated rings. The SMILES string of the molecule is O=C(C=Cc1ccc(F)cc1)c1cccc(C(F)(F)F)c1. The van der Waals surface area contributed by atoms with E-state index in [1.807, 2.05) is 0 Å². The van der Waals surface area contributed by atoms with Gasteiger partial charge in [-0.1, -0.05) is 30.3 Å². The Hall–Kier alpha value is -2.43. The zero-order valence-electron chi connectivity index (χ0n) is 10.7. The largest absolute Gasteiger partial charge is 0.416 e. The van der Waals surface area contributed by atoms with Gasteiger partial charge in [-0.05, 0) is 35.9 Å². The van der Waals surface area contributed by atoms with Crippen LogP contribution in [0.4, 0.5) is 17.6 Å². The van der Waals surface area contributed by atoms with Crippen molar-refractivity contribution in [2.75, 3.05) is 0 Å². The molecule has 2 aromatic rings. The highest BCUT2D eigenvalue weighted by atomic mass is 19.4. The van der Waals surface area contributed by atoms with Gasteiger partial charge < -0.3 is 0 Å². The Morgan fingerprint density at radius 2 is 1.67 bits per heavy atom. The molecule has 0 amide bonds. The smallest absolute Gasteiger partial charge is 0.289 e. The highest BCUT2D eigenvalue weighted by Gasteiger charge is 2.30. The van der Waals surface area contributed by atoms with Crippen LogP contribution in [0.15, 0.2) is 54.6 Å². The van der Waals surface area contributed by atoms with Gasteiger partial charge in [0.2, 0.25) is 0 Å². The molecule has 5 heteroatoms. The average molecular weight is 294 g/mol. The third-order valence-corrected chi connectivity index (χ3v) is 2.77. The first kappa shape index (κ1) is 15.0. The van der Waals surface area contributed by atoms with Crippen LogP contribution in [0.5, 0.6) is 0 Å². The molecule has 0 N–H and O–H groups in total. The van der Waals surface area contributed by atoms with Crippen LogP contribution in [0.25, 0.3) is 6.08 Å². The molecule has 2 rings (SSSR count). The lowest BCUT2D eigenvalue weighted by Crippen LogP contribution is -2.06. The summed E-state index contributed by atoms with van der Waals surface area (Å²) in [7, 11) is 0. The van der Waals surface area contributed by atoms with Crippen LogP contribution in [-0.2, 0) is 6.18 Å². The quantitative estimate of drug-likeness (QED) is 0.454. The number of hydrogen-bond acceptors (Lipinski definition) is 1. The molecule has 0 aliphatic rings. The summed E-state index contributed by atoms with van der Waals surface area (Å²) >= 11 is 0. The van der Waals surface area contributed by atoms with Gasteiger partial charge in [0.25, 0.3) is 0 Å². The third-order valence-electron chi connectivity index (χ3n) is 2.77. The van der Waals surface area contributed by atoms with Gasteiger partial charge in [-0.2, -0.15) is 13.2 Å². The van der Waals surface area contributed by atoms with E-state index >= 15 is 0 Å². The van der Waals surface area contributed by atoms with Gasteiger partial charge in [-0.3, -0.25) is 4.79 Å². The van der Waals surface area contributed by atoms with Gasteiger partial charge in [0.1, 0.15) is 5.82 Å². The van der Waals surface area contributed by atoms with E-state index in [4.69, 9.17) is 0 Å². The Morgan fingerprint density at radius 1 is 1.00 bits per heavy atom. The minimum atomic E-state index is -4.49. The third kappa shape index (κ3) is 4.02. The van der Waals surface area contributed by atoms with Crippen molar-refractivity contribution in [2.45, 2.75) is 6.18 Å². The molecule has 0 bridgehead atoms. The van der Waals surface area contributed by atoms with Gasteiger partial charge in [0.15, 0.2) is 5.78 Å². The Morgan fingerprint density at radius 3 is 2.29 bits per heavy atom. The maximum atomic E-state index is 12.7.